The molecule has 0 aliphatic carbocycles. The normalized spacial score (nSPS) is 17.9. The van der Waals surface area contributed by atoms with Gasteiger partial charge in [0.2, 0.25) is 21.8 Å². The topological polar surface area (TPSA) is 84.0 Å². The first-order valence-corrected chi connectivity index (χ1v) is 11.0. The van der Waals surface area contributed by atoms with E-state index >= 15 is 0 Å². The van der Waals surface area contributed by atoms with Crippen molar-refractivity contribution in [1.82, 2.24) is 4.31 Å². The maximum Gasteiger partial charge on any atom is 0.247 e. The Balaban J connectivity index is 1.73. The van der Waals surface area contributed by atoms with Crippen molar-refractivity contribution in [3.63, 3.8) is 0 Å². The van der Waals surface area contributed by atoms with Crippen LogP contribution in [0.25, 0.3) is 0 Å². The molecule has 0 atom stereocenters. The second-order valence-electron chi connectivity index (χ2n) is 7.17. The Morgan fingerprint density at radius 2 is 1.62 bits per heavy atom. The molecular weight excluding hydrogens is 392 g/mol. The highest BCUT2D eigenvalue weighted by Crippen LogP contribution is 2.34. The number of nitrogens with zero attached hydrogens (tertiary/aromatic N) is 2. The summed E-state index contributed by atoms with van der Waals surface area (Å²) < 4.78 is 33.6. The van der Waals surface area contributed by atoms with Crippen LogP contribution in [0.2, 0.25) is 0 Å². The molecule has 0 bridgehead atoms. The Bertz CT molecular complexity index is 1060. The van der Waals surface area contributed by atoms with Gasteiger partial charge >= 0.3 is 0 Å². The average molecular weight is 414 g/mol. The number of fused-ring (bicyclic) bond motifs is 1. The molecule has 2 aromatic rings. The molecule has 1 saturated heterocycles. The van der Waals surface area contributed by atoms with Crippen LogP contribution in [0.5, 0.6) is 5.75 Å². The van der Waals surface area contributed by atoms with Crippen LogP contribution in [0.3, 0.4) is 0 Å². The zero-order valence-corrected chi connectivity index (χ0v) is 16.9. The second kappa shape index (κ2) is 7.61. The molecule has 0 N–H and O–H groups in total. The summed E-state index contributed by atoms with van der Waals surface area (Å²) >= 11 is 0. The van der Waals surface area contributed by atoms with Gasteiger partial charge in [-0.3, -0.25) is 14.5 Å². The molecular formula is C21H22N2O5S. The fourth-order valence-corrected chi connectivity index (χ4v) is 5.46. The fourth-order valence-electron chi connectivity index (χ4n) is 3.86. The number of rotatable bonds is 4. The number of benzene rings is 2. The van der Waals surface area contributed by atoms with E-state index in [1.165, 1.54) is 23.5 Å². The first-order valence-electron chi connectivity index (χ1n) is 9.52. The van der Waals surface area contributed by atoms with Gasteiger partial charge in [0.25, 0.3) is 0 Å². The molecule has 7 nitrogen and oxygen atoms in total. The molecule has 1 fully saturated rings. The second-order valence-corrected chi connectivity index (χ2v) is 9.08. The zero-order valence-electron chi connectivity index (χ0n) is 16.1. The standard InChI is InChI=1S/C21H22N2O5S/c1-28-18-10-9-17(23-20(24)7-4-8-21(23)25)13-19(18)29(26,27)22-12-11-15-5-2-3-6-16(15)14-22/h2-3,5-6,9-10,13H,4,7-8,11-12,14H2,1H3. The van der Waals surface area contributed by atoms with Crippen molar-refractivity contribution < 1.29 is 22.7 Å². The quantitative estimate of drug-likeness (QED) is 0.718. The molecule has 0 saturated carbocycles. The van der Waals surface area contributed by atoms with Crippen LogP contribution in [0.1, 0.15) is 30.4 Å². The minimum atomic E-state index is -3.88. The lowest BCUT2D eigenvalue weighted by Gasteiger charge is -2.29. The van der Waals surface area contributed by atoms with Gasteiger partial charge < -0.3 is 4.74 Å². The van der Waals surface area contributed by atoms with Crippen molar-refractivity contribution in [1.29, 1.82) is 0 Å². The van der Waals surface area contributed by atoms with Gasteiger partial charge in [-0.15, -0.1) is 0 Å². The van der Waals surface area contributed by atoms with E-state index in [1.54, 1.807) is 6.07 Å². The molecule has 2 aliphatic heterocycles. The van der Waals surface area contributed by atoms with Crippen molar-refractivity contribution in [2.24, 2.45) is 0 Å². The molecule has 0 radical (unpaired) electrons. The van der Waals surface area contributed by atoms with Gasteiger partial charge in [0.15, 0.2) is 0 Å². The zero-order chi connectivity index (χ0) is 20.6. The van der Waals surface area contributed by atoms with Crippen LogP contribution < -0.4 is 9.64 Å². The molecule has 2 aromatic carbocycles. The monoisotopic (exact) mass is 414 g/mol. The van der Waals surface area contributed by atoms with Gasteiger partial charge in [0.05, 0.1) is 12.8 Å². The van der Waals surface area contributed by atoms with E-state index in [-0.39, 0.29) is 47.5 Å². The maximum atomic E-state index is 13.4. The largest absolute Gasteiger partial charge is 0.495 e. The van der Waals surface area contributed by atoms with E-state index in [0.717, 1.165) is 16.0 Å². The summed E-state index contributed by atoms with van der Waals surface area (Å²) in [6, 6.07) is 12.2. The van der Waals surface area contributed by atoms with Crippen molar-refractivity contribution in [3.05, 3.63) is 53.6 Å². The highest BCUT2D eigenvalue weighted by molar-refractivity contribution is 7.89. The Morgan fingerprint density at radius 1 is 0.931 bits per heavy atom. The number of carbonyl (C=O) groups excluding carboxylic acids is 2. The minimum absolute atomic E-state index is 0.0388. The van der Waals surface area contributed by atoms with Crippen molar-refractivity contribution in [2.45, 2.75) is 37.1 Å². The van der Waals surface area contributed by atoms with Crippen molar-refractivity contribution in [3.8, 4) is 5.75 Å². The lowest BCUT2D eigenvalue weighted by Crippen LogP contribution is -2.40. The van der Waals surface area contributed by atoms with E-state index in [1.807, 2.05) is 24.3 Å². The summed E-state index contributed by atoms with van der Waals surface area (Å²) in [6.45, 7) is 0.627. The van der Waals surface area contributed by atoms with Crippen molar-refractivity contribution >= 4 is 27.5 Å². The van der Waals surface area contributed by atoms with Crippen LogP contribution in [-0.4, -0.2) is 38.2 Å². The Hall–Kier alpha value is -2.71. The van der Waals surface area contributed by atoms with Gasteiger partial charge in [-0.05, 0) is 42.2 Å². The van der Waals surface area contributed by atoms with Crippen molar-refractivity contribution in [2.75, 3.05) is 18.6 Å². The average Bonchev–Trinajstić information content (AvgIpc) is 2.73. The minimum Gasteiger partial charge on any atom is -0.495 e. The third-order valence-electron chi connectivity index (χ3n) is 5.40. The molecule has 4 rings (SSSR count). The van der Waals surface area contributed by atoms with E-state index in [0.29, 0.717) is 19.4 Å². The summed E-state index contributed by atoms with van der Waals surface area (Å²) in [7, 11) is -2.49. The van der Waals surface area contributed by atoms with Crippen LogP contribution >= 0.6 is 0 Å². The SMILES string of the molecule is COc1ccc(N2C(=O)CCCC2=O)cc1S(=O)(=O)N1CCc2ccccc2C1. The number of sulfonamides is 1. The highest BCUT2D eigenvalue weighted by atomic mass is 32.2. The third-order valence-corrected chi connectivity index (χ3v) is 7.27. The number of carbonyl (C=O) groups is 2. The fraction of sp³-hybridized carbons (Fsp3) is 0.333. The predicted octanol–water partition coefficient (Wildman–Crippen LogP) is 2.49. The molecule has 0 unspecified atom stereocenters. The Kier molecular flexibility index (Phi) is 5.14. The number of hydrogen-bond donors (Lipinski definition) is 0. The number of amides is 2. The first kappa shape index (κ1) is 19.6. The van der Waals surface area contributed by atoms with E-state index in [2.05, 4.69) is 0 Å². The predicted molar refractivity (Wildman–Crippen MR) is 107 cm³/mol. The number of imide groups is 1. The molecule has 29 heavy (non-hydrogen) atoms. The van der Waals surface area contributed by atoms with Gasteiger partial charge in [-0.2, -0.15) is 4.31 Å². The molecule has 0 aromatic heterocycles. The molecule has 0 spiro atoms. The van der Waals surface area contributed by atoms with E-state index < -0.39 is 10.0 Å². The maximum absolute atomic E-state index is 13.4. The summed E-state index contributed by atoms with van der Waals surface area (Å²) in [5, 5.41) is 0. The lowest BCUT2D eigenvalue weighted by molar-refractivity contribution is -0.129. The molecule has 2 heterocycles. The van der Waals surface area contributed by atoms with E-state index in [9.17, 15) is 18.0 Å². The third kappa shape index (κ3) is 3.54. The van der Waals surface area contributed by atoms with Gasteiger partial charge in [-0.25, -0.2) is 8.42 Å². The van der Waals surface area contributed by atoms with Crippen LogP contribution in [0, 0.1) is 0 Å². The Labute approximate surface area is 169 Å². The van der Waals surface area contributed by atoms with Crippen LogP contribution in [0.4, 0.5) is 5.69 Å². The molecule has 152 valence electrons. The number of anilines is 1. The van der Waals surface area contributed by atoms with Gasteiger partial charge in [0.1, 0.15) is 10.6 Å². The van der Waals surface area contributed by atoms with Crippen LogP contribution in [-0.2, 0) is 32.6 Å². The molecule has 2 aliphatic rings. The molecule has 8 heteroatoms. The number of hydrogen-bond acceptors (Lipinski definition) is 5. The lowest BCUT2D eigenvalue weighted by atomic mass is 10.0. The number of ether oxygens (including phenoxy) is 1. The Morgan fingerprint density at radius 3 is 2.31 bits per heavy atom. The smallest absolute Gasteiger partial charge is 0.247 e. The first-order chi connectivity index (χ1) is 13.9. The van der Waals surface area contributed by atoms with Gasteiger partial charge in [0, 0.05) is 25.9 Å². The number of piperidine rings is 1. The van der Waals surface area contributed by atoms with Gasteiger partial charge in [-0.1, -0.05) is 24.3 Å². The summed E-state index contributed by atoms with van der Waals surface area (Å²) in [5.41, 5.74) is 2.37. The number of methoxy groups -OCH3 is 1. The summed E-state index contributed by atoms with van der Waals surface area (Å²) in [5.74, 6) is -0.451. The highest BCUT2D eigenvalue weighted by Gasteiger charge is 2.33. The molecule has 2 amide bonds. The summed E-state index contributed by atoms with van der Waals surface area (Å²) in [4.78, 5) is 25.6. The van der Waals surface area contributed by atoms with E-state index in [4.69, 9.17) is 4.74 Å². The van der Waals surface area contributed by atoms with Crippen LogP contribution in [0.15, 0.2) is 47.4 Å². The summed E-state index contributed by atoms with van der Waals surface area (Å²) in [6.07, 6.45) is 1.68.